The predicted molar refractivity (Wildman–Crippen MR) is 185 cm³/mol. The number of anilines is 2. The zero-order valence-electron chi connectivity index (χ0n) is 26.5. The van der Waals surface area contributed by atoms with Crippen molar-refractivity contribution in [1.82, 2.24) is 5.32 Å². The fraction of sp³-hybridized carbons (Fsp3) is 0.147. The van der Waals surface area contributed by atoms with Crippen LogP contribution in [0.15, 0.2) is 106 Å². The van der Waals surface area contributed by atoms with Crippen molar-refractivity contribution in [1.29, 1.82) is 0 Å². The van der Waals surface area contributed by atoms with Crippen molar-refractivity contribution in [2.45, 2.75) is 22.0 Å². The van der Waals surface area contributed by atoms with Gasteiger partial charge in [0.15, 0.2) is 11.5 Å². The van der Waals surface area contributed by atoms with Crippen LogP contribution in [0.25, 0.3) is 6.08 Å². The molecule has 1 atom stereocenters. The number of hydrogen-bond acceptors (Lipinski definition) is 9. The Bertz CT molecular complexity index is 1890. The summed E-state index contributed by atoms with van der Waals surface area (Å²) in [5, 5.41) is 12.9. The molecule has 5 N–H and O–H groups in total. The lowest BCUT2D eigenvalue weighted by Gasteiger charge is -2.15. The molecule has 0 aromatic heterocycles. The summed E-state index contributed by atoms with van der Waals surface area (Å²) >= 11 is 1.29. The van der Waals surface area contributed by atoms with Crippen LogP contribution in [0.2, 0.25) is 0 Å². The SMILES string of the molecule is COc1cc(/C=C(\NC(=O)c2ccccc2)C(=O)Nc2ccc(SC(C)C(=O)Nc3ccc(S(N)(=O)=O)cc3)cc2)cc(OC)c1OC. The van der Waals surface area contributed by atoms with E-state index in [2.05, 4.69) is 16.0 Å². The van der Waals surface area contributed by atoms with Gasteiger partial charge < -0.3 is 30.2 Å². The van der Waals surface area contributed by atoms with Gasteiger partial charge in [-0.25, -0.2) is 13.6 Å². The minimum atomic E-state index is -3.84. The zero-order valence-corrected chi connectivity index (χ0v) is 28.1. The molecule has 0 fully saturated rings. The molecule has 0 heterocycles. The third-order valence-electron chi connectivity index (χ3n) is 6.77. The van der Waals surface area contributed by atoms with E-state index in [0.29, 0.717) is 39.8 Å². The summed E-state index contributed by atoms with van der Waals surface area (Å²) in [7, 11) is 0.591. The Morgan fingerprint density at radius 2 is 1.35 bits per heavy atom. The van der Waals surface area contributed by atoms with Crippen LogP contribution in [0.5, 0.6) is 17.2 Å². The van der Waals surface area contributed by atoms with E-state index < -0.39 is 27.1 Å². The predicted octanol–water partition coefficient (Wildman–Crippen LogP) is 4.89. The number of methoxy groups -OCH3 is 3. The molecule has 0 aliphatic rings. The van der Waals surface area contributed by atoms with Gasteiger partial charge in [-0.3, -0.25) is 14.4 Å². The molecule has 0 aliphatic carbocycles. The molecule has 12 nitrogen and oxygen atoms in total. The number of carbonyl (C=O) groups excluding carboxylic acids is 3. The van der Waals surface area contributed by atoms with Crippen molar-refractivity contribution in [2.75, 3.05) is 32.0 Å². The van der Waals surface area contributed by atoms with Gasteiger partial charge in [-0.05, 0) is 91.4 Å². The van der Waals surface area contributed by atoms with E-state index in [1.165, 1.54) is 63.4 Å². The van der Waals surface area contributed by atoms with Gasteiger partial charge in [0.2, 0.25) is 21.7 Å². The fourth-order valence-corrected chi connectivity index (χ4v) is 5.72. The molecule has 250 valence electrons. The third kappa shape index (κ3) is 9.37. The maximum absolute atomic E-state index is 13.5. The van der Waals surface area contributed by atoms with E-state index in [4.69, 9.17) is 19.3 Å². The molecule has 4 rings (SSSR count). The van der Waals surface area contributed by atoms with Crippen LogP contribution in [-0.4, -0.2) is 52.7 Å². The Balaban J connectivity index is 1.49. The van der Waals surface area contributed by atoms with Crippen LogP contribution in [0.3, 0.4) is 0 Å². The van der Waals surface area contributed by atoms with E-state index in [1.807, 2.05) is 0 Å². The number of benzene rings is 4. The monoisotopic (exact) mass is 690 g/mol. The first-order valence-corrected chi connectivity index (χ1v) is 16.7. The summed E-state index contributed by atoms with van der Waals surface area (Å²) < 4.78 is 39.2. The van der Waals surface area contributed by atoms with Gasteiger partial charge in [0, 0.05) is 21.8 Å². The lowest BCUT2D eigenvalue weighted by atomic mass is 10.1. The van der Waals surface area contributed by atoms with Crippen molar-refractivity contribution < 1.29 is 37.0 Å². The Kier molecular flexibility index (Phi) is 11.8. The molecule has 48 heavy (non-hydrogen) atoms. The highest BCUT2D eigenvalue weighted by atomic mass is 32.2. The standard InChI is InChI=1S/C34H34N4O8S2/c1-21(32(39)36-25-12-16-27(17-13-25)48(35,42)43)47-26-14-10-24(11-15-26)37-34(41)28(38-33(40)23-8-6-5-7-9-23)18-22-19-29(44-2)31(46-4)30(20-22)45-3/h5-21H,1-4H3,(H,36,39)(H,37,41)(H,38,40)(H2,35,42,43)/b28-18-. The molecule has 3 amide bonds. The van der Waals surface area contributed by atoms with Gasteiger partial charge in [0.05, 0.1) is 31.5 Å². The highest BCUT2D eigenvalue weighted by molar-refractivity contribution is 8.00. The maximum Gasteiger partial charge on any atom is 0.272 e. The zero-order chi connectivity index (χ0) is 34.8. The molecular weight excluding hydrogens is 657 g/mol. The van der Waals surface area contributed by atoms with Gasteiger partial charge in [0.1, 0.15) is 5.70 Å². The second-order valence-corrected chi connectivity index (χ2v) is 13.1. The van der Waals surface area contributed by atoms with Crippen molar-refractivity contribution in [3.05, 3.63) is 108 Å². The van der Waals surface area contributed by atoms with Crippen LogP contribution in [0.4, 0.5) is 11.4 Å². The molecule has 0 saturated carbocycles. The molecule has 0 spiro atoms. The number of thioether (sulfide) groups is 1. The summed E-state index contributed by atoms with van der Waals surface area (Å²) in [5.74, 6) is -0.253. The molecule has 14 heteroatoms. The number of rotatable bonds is 13. The van der Waals surface area contributed by atoms with Crippen molar-refractivity contribution >= 4 is 57.0 Å². The normalized spacial score (nSPS) is 12.0. The largest absolute Gasteiger partial charge is 0.493 e. The first kappa shape index (κ1) is 35.5. The fourth-order valence-electron chi connectivity index (χ4n) is 4.34. The van der Waals surface area contributed by atoms with Gasteiger partial charge >= 0.3 is 0 Å². The first-order valence-electron chi connectivity index (χ1n) is 14.3. The van der Waals surface area contributed by atoms with E-state index in [-0.39, 0.29) is 16.5 Å². The topological polar surface area (TPSA) is 175 Å². The quantitative estimate of drug-likeness (QED) is 0.112. The van der Waals surface area contributed by atoms with Crippen molar-refractivity contribution in [3.8, 4) is 17.2 Å². The number of carbonyl (C=O) groups is 3. The van der Waals surface area contributed by atoms with Crippen LogP contribution in [0, 0.1) is 0 Å². The Labute approximate surface area is 282 Å². The summed E-state index contributed by atoms with van der Waals surface area (Å²) in [4.78, 5) is 40.0. The first-order chi connectivity index (χ1) is 22.9. The van der Waals surface area contributed by atoms with E-state index in [9.17, 15) is 22.8 Å². The number of ether oxygens (including phenoxy) is 3. The number of amides is 3. The van der Waals surface area contributed by atoms with Crippen LogP contribution in [-0.2, 0) is 19.6 Å². The maximum atomic E-state index is 13.5. The molecule has 4 aromatic carbocycles. The van der Waals surface area contributed by atoms with Crippen LogP contribution >= 0.6 is 11.8 Å². The molecule has 0 saturated heterocycles. The average Bonchev–Trinajstić information content (AvgIpc) is 3.08. The van der Waals surface area contributed by atoms with E-state index >= 15 is 0 Å². The molecule has 0 radical (unpaired) electrons. The van der Waals surface area contributed by atoms with E-state index in [0.717, 1.165) is 4.90 Å². The third-order valence-corrected chi connectivity index (χ3v) is 8.81. The number of hydrogen-bond donors (Lipinski definition) is 4. The Morgan fingerprint density at radius 1 is 0.792 bits per heavy atom. The van der Waals surface area contributed by atoms with Crippen LogP contribution < -0.4 is 35.3 Å². The number of sulfonamides is 1. The Morgan fingerprint density at radius 3 is 1.90 bits per heavy atom. The van der Waals surface area contributed by atoms with Gasteiger partial charge in [0.25, 0.3) is 11.8 Å². The summed E-state index contributed by atoms with van der Waals surface area (Å²) in [6.07, 6.45) is 1.49. The minimum Gasteiger partial charge on any atom is -0.493 e. The van der Waals surface area contributed by atoms with Crippen LogP contribution in [0.1, 0.15) is 22.8 Å². The molecule has 4 aromatic rings. The summed E-state index contributed by atoms with van der Waals surface area (Å²) in [6.45, 7) is 1.73. The smallest absolute Gasteiger partial charge is 0.272 e. The number of primary sulfonamides is 1. The lowest BCUT2D eigenvalue weighted by molar-refractivity contribution is -0.115. The lowest BCUT2D eigenvalue weighted by Crippen LogP contribution is -2.30. The average molecular weight is 691 g/mol. The minimum absolute atomic E-state index is 0.0426. The van der Waals surface area contributed by atoms with E-state index in [1.54, 1.807) is 73.7 Å². The molecule has 1 unspecified atom stereocenters. The second-order valence-electron chi connectivity index (χ2n) is 10.1. The molecular formula is C34H34N4O8S2. The summed E-state index contributed by atoms with van der Waals surface area (Å²) in [5.41, 5.74) is 1.69. The van der Waals surface area contributed by atoms with Crippen molar-refractivity contribution in [3.63, 3.8) is 0 Å². The summed E-state index contributed by atoms with van der Waals surface area (Å²) in [6, 6.07) is 24.1. The van der Waals surface area contributed by atoms with Crippen molar-refractivity contribution in [2.24, 2.45) is 5.14 Å². The highest BCUT2D eigenvalue weighted by Crippen LogP contribution is 2.38. The second kappa shape index (κ2) is 16.0. The van der Waals surface area contributed by atoms with Gasteiger partial charge in [-0.1, -0.05) is 18.2 Å². The highest BCUT2D eigenvalue weighted by Gasteiger charge is 2.19. The van der Waals surface area contributed by atoms with Gasteiger partial charge in [-0.2, -0.15) is 0 Å². The molecule has 0 aliphatic heterocycles. The number of nitrogens with one attached hydrogen (secondary N) is 3. The van der Waals surface area contributed by atoms with Gasteiger partial charge in [-0.15, -0.1) is 11.8 Å². The number of nitrogens with two attached hydrogens (primary N) is 1. The Hall–Kier alpha value is -5.31. The molecule has 0 bridgehead atoms.